The lowest BCUT2D eigenvalue weighted by Crippen LogP contribution is -2.07. The molecule has 11 heavy (non-hydrogen) atoms. The number of ketones is 1. The van der Waals surface area contributed by atoms with E-state index in [-0.39, 0.29) is 11.3 Å². The molecular formula is C8H6BFO. The Labute approximate surface area is 65.6 Å². The van der Waals surface area contributed by atoms with Crippen LogP contribution in [0.15, 0.2) is 18.2 Å². The maximum Gasteiger partial charge on any atom is 0.162 e. The number of carbonyl (C=O) groups excluding carboxylic acids is 1. The molecule has 0 saturated carbocycles. The van der Waals surface area contributed by atoms with Gasteiger partial charge in [-0.3, -0.25) is 4.79 Å². The van der Waals surface area contributed by atoms with Gasteiger partial charge in [0.15, 0.2) is 5.78 Å². The third-order valence-electron chi connectivity index (χ3n) is 1.37. The van der Waals surface area contributed by atoms with Gasteiger partial charge in [0.1, 0.15) is 13.7 Å². The molecule has 3 heteroatoms. The molecule has 0 aromatic heterocycles. The van der Waals surface area contributed by atoms with Crippen LogP contribution < -0.4 is 5.46 Å². The van der Waals surface area contributed by atoms with Crippen LogP contribution in [-0.4, -0.2) is 13.6 Å². The van der Waals surface area contributed by atoms with Crippen LogP contribution in [0.2, 0.25) is 0 Å². The van der Waals surface area contributed by atoms with Gasteiger partial charge in [-0.25, -0.2) is 4.39 Å². The second kappa shape index (κ2) is 2.87. The first-order valence-corrected chi connectivity index (χ1v) is 3.17. The van der Waals surface area contributed by atoms with Gasteiger partial charge < -0.3 is 0 Å². The molecule has 2 radical (unpaired) electrons. The highest BCUT2D eigenvalue weighted by Gasteiger charge is 2.05. The van der Waals surface area contributed by atoms with E-state index >= 15 is 0 Å². The van der Waals surface area contributed by atoms with Crippen LogP contribution in [0, 0.1) is 5.82 Å². The first-order chi connectivity index (χ1) is 5.11. The van der Waals surface area contributed by atoms with Crippen molar-refractivity contribution in [1.82, 2.24) is 0 Å². The summed E-state index contributed by atoms with van der Waals surface area (Å²) in [6.07, 6.45) is 0. The van der Waals surface area contributed by atoms with Crippen molar-refractivity contribution < 1.29 is 9.18 Å². The molecule has 1 nitrogen and oxygen atoms in total. The van der Waals surface area contributed by atoms with Gasteiger partial charge in [-0.05, 0) is 13.0 Å². The van der Waals surface area contributed by atoms with E-state index in [1.54, 1.807) is 0 Å². The Kier molecular flexibility index (Phi) is 2.08. The summed E-state index contributed by atoms with van der Waals surface area (Å²) in [5.41, 5.74) is 0.446. The molecule has 0 aliphatic heterocycles. The largest absolute Gasteiger partial charge is 0.294 e. The fraction of sp³-hybridized carbons (Fsp3) is 0.125. The van der Waals surface area contributed by atoms with Crippen LogP contribution in [0.25, 0.3) is 0 Å². The van der Waals surface area contributed by atoms with Crippen molar-refractivity contribution in [1.29, 1.82) is 0 Å². The summed E-state index contributed by atoms with van der Waals surface area (Å²) in [5.74, 6) is -0.832. The molecular weight excluding hydrogens is 142 g/mol. The Morgan fingerprint density at radius 1 is 1.55 bits per heavy atom. The van der Waals surface area contributed by atoms with Crippen LogP contribution in [0.3, 0.4) is 0 Å². The topological polar surface area (TPSA) is 17.1 Å². The molecule has 0 heterocycles. The molecule has 0 aliphatic carbocycles. The maximum atomic E-state index is 12.7. The van der Waals surface area contributed by atoms with E-state index in [9.17, 15) is 9.18 Å². The van der Waals surface area contributed by atoms with E-state index in [0.717, 1.165) is 0 Å². The summed E-state index contributed by atoms with van der Waals surface area (Å²) >= 11 is 0. The molecule has 1 aromatic carbocycles. The van der Waals surface area contributed by atoms with E-state index in [1.165, 1.54) is 25.1 Å². The lowest BCUT2D eigenvalue weighted by atomic mass is 9.93. The Morgan fingerprint density at radius 3 is 2.64 bits per heavy atom. The summed E-state index contributed by atoms with van der Waals surface area (Å²) in [7, 11) is 5.35. The van der Waals surface area contributed by atoms with E-state index in [2.05, 4.69) is 0 Å². The zero-order valence-electron chi connectivity index (χ0n) is 6.10. The summed E-state index contributed by atoms with van der Waals surface area (Å²) < 4.78 is 12.7. The Bertz CT molecular complexity index is 296. The van der Waals surface area contributed by atoms with Gasteiger partial charge in [0.2, 0.25) is 0 Å². The average molecular weight is 148 g/mol. The fourth-order valence-corrected chi connectivity index (χ4v) is 0.813. The Morgan fingerprint density at radius 2 is 2.18 bits per heavy atom. The first kappa shape index (κ1) is 7.99. The van der Waals surface area contributed by atoms with Crippen LogP contribution >= 0.6 is 0 Å². The summed E-state index contributed by atoms with van der Waals surface area (Å²) in [5, 5.41) is 0. The third-order valence-corrected chi connectivity index (χ3v) is 1.37. The Balaban J connectivity index is 3.23. The predicted molar refractivity (Wildman–Crippen MR) is 41.8 cm³/mol. The molecule has 0 unspecified atom stereocenters. The molecule has 0 N–H and O–H groups in total. The molecule has 0 atom stereocenters. The zero-order chi connectivity index (χ0) is 8.43. The number of Topliss-reactive ketones (excluding diaryl/α,β-unsaturated/α-hetero) is 1. The normalized spacial score (nSPS) is 9.64. The van der Waals surface area contributed by atoms with Crippen molar-refractivity contribution in [3.63, 3.8) is 0 Å². The monoisotopic (exact) mass is 148 g/mol. The van der Waals surface area contributed by atoms with Gasteiger partial charge in [0.25, 0.3) is 0 Å². The van der Waals surface area contributed by atoms with Crippen molar-refractivity contribution in [2.45, 2.75) is 6.92 Å². The summed E-state index contributed by atoms with van der Waals surface area (Å²) in [6.45, 7) is 1.30. The highest BCUT2D eigenvalue weighted by Crippen LogP contribution is 2.04. The van der Waals surface area contributed by atoms with Crippen molar-refractivity contribution >= 4 is 19.1 Å². The van der Waals surface area contributed by atoms with Crippen LogP contribution in [0.1, 0.15) is 17.3 Å². The van der Waals surface area contributed by atoms with Crippen molar-refractivity contribution in [2.24, 2.45) is 0 Å². The lowest BCUT2D eigenvalue weighted by molar-refractivity contribution is 0.101. The minimum atomic E-state index is -0.522. The van der Waals surface area contributed by atoms with Gasteiger partial charge in [-0.2, -0.15) is 0 Å². The molecule has 0 aliphatic rings. The highest BCUT2D eigenvalue weighted by molar-refractivity contribution is 6.32. The molecule has 1 aromatic rings. The molecule has 0 bridgehead atoms. The molecule has 54 valence electrons. The SMILES string of the molecule is [B]c1ccc(F)c(C(C)=O)c1. The molecule has 0 saturated heterocycles. The van der Waals surface area contributed by atoms with E-state index < -0.39 is 5.82 Å². The minimum absolute atomic E-state index is 0.0463. The molecule has 0 amide bonds. The van der Waals surface area contributed by atoms with E-state index in [4.69, 9.17) is 7.85 Å². The van der Waals surface area contributed by atoms with Crippen molar-refractivity contribution in [3.05, 3.63) is 29.6 Å². The number of hydrogen-bond acceptors (Lipinski definition) is 1. The molecule has 0 fully saturated rings. The van der Waals surface area contributed by atoms with Gasteiger partial charge >= 0.3 is 0 Å². The van der Waals surface area contributed by atoms with Crippen LogP contribution in [0.4, 0.5) is 4.39 Å². The smallest absolute Gasteiger partial charge is 0.162 e. The summed E-state index contributed by atoms with van der Waals surface area (Å²) in [6, 6.07) is 3.94. The van der Waals surface area contributed by atoms with E-state index in [1.807, 2.05) is 0 Å². The standard InChI is InChI=1S/C8H6BFO/c1-5(11)7-4-6(9)2-3-8(7)10/h2-4H,1H3. The van der Waals surface area contributed by atoms with E-state index in [0.29, 0.717) is 5.46 Å². The second-order valence-electron chi connectivity index (χ2n) is 2.30. The molecule has 1 rings (SSSR count). The number of benzene rings is 1. The number of carbonyl (C=O) groups is 1. The van der Waals surface area contributed by atoms with Crippen LogP contribution in [0.5, 0.6) is 0 Å². The lowest BCUT2D eigenvalue weighted by Gasteiger charge is -1.98. The van der Waals surface area contributed by atoms with Crippen molar-refractivity contribution in [3.8, 4) is 0 Å². The number of halogens is 1. The van der Waals surface area contributed by atoms with Gasteiger partial charge in [0.05, 0.1) is 5.56 Å². The molecule has 0 spiro atoms. The average Bonchev–Trinajstić information content (AvgIpc) is 1.94. The second-order valence-corrected chi connectivity index (χ2v) is 2.30. The minimum Gasteiger partial charge on any atom is -0.294 e. The quantitative estimate of drug-likeness (QED) is 0.425. The van der Waals surface area contributed by atoms with Gasteiger partial charge in [-0.15, -0.1) is 0 Å². The van der Waals surface area contributed by atoms with Crippen molar-refractivity contribution in [2.75, 3.05) is 0 Å². The zero-order valence-corrected chi connectivity index (χ0v) is 6.10. The third kappa shape index (κ3) is 1.67. The number of hydrogen-bond donors (Lipinski definition) is 0. The summed E-state index contributed by atoms with van der Waals surface area (Å²) in [4.78, 5) is 10.7. The highest BCUT2D eigenvalue weighted by atomic mass is 19.1. The maximum absolute atomic E-state index is 12.7. The predicted octanol–water partition coefficient (Wildman–Crippen LogP) is 0.822. The van der Waals surface area contributed by atoms with Gasteiger partial charge in [0, 0.05) is 0 Å². The first-order valence-electron chi connectivity index (χ1n) is 3.17. The number of rotatable bonds is 1. The fourth-order valence-electron chi connectivity index (χ4n) is 0.813. The Hall–Kier alpha value is -1.12. The van der Waals surface area contributed by atoms with Gasteiger partial charge in [-0.1, -0.05) is 17.6 Å². The van der Waals surface area contributed by atoms with Crippen LogP contribution in [-0.2, 0) is 0 Å².